The summed E-state index contributed by atoms with van der Waals surface area (Å²) >= 11 is 0. The Morgan fingerprint density at radius 1 is 1.50 bits per heavy atom. The molecule has 0 radical (unpaired) electrons. The van der Waals surface area contributed by atoms with Gasteiger partial charge >= 0.3 is 5.97 Å². The third-order valence-electron chi connectivity index (χ3n) is 3.19. The van der Waals surface area contributed by atoms with Crippen LogP contribution in [0.15, 0.2) is 0 Å². The van der Waals surface area contributed by atoms with E-state index >= 15 is 0 Å². The maximum absolute atomic E-state index is 10.7. The van der Waals surface area contributed by atoms with Crippen molar-refractivity contribution in [2.45, 2.75) is 46.5 Å². The lowest BCUT2D eigenvalue weighted by molar-refractivity contribution is -0.140. The molecule has 0 heterocycles. The van der Waals surface area contributed by atoms with Crippen molar-refractivity contribution >= 4 is 5.97 Å². The lowest BCUT2D eigenvalue weighted by atomic mass is 9.74. The van der Waals surface area contributed by atoms with Gasteiger partial charge in [0.15, 0.2) is 0 Å². The molecule has 2 atom stereocenters. The highest BCUT2D eigenvalue weighted by Crippen LogP contribution is 2.33. The minimum absolute atomic E-state index is 0.193. The molecule has 2 unspecified atom stereocenters. The molecule has 0 aromatic carbocycles. The Bertz CT molecular complexity index is 176. The topological polar surface area (TPSA) is 63.3 Å². The molecule has 0 aromatic rings. The molecule has 3 heteroatoms. The van der Waals surface area contributed by atoms with E-state index in [9.17, 15) is 4.79 Å². The number of nitrogens with two attached hydrogens (primary N) is 1. The number of aliphatic carboxylic acids is 1. The van der Waals surface area contributed by atoms with E-state index in [1.807, 2.05) is 6.92 Å². The number of carboxylic acid groups (broad SMARTS) is 1. The molecule has 0 bridgehead atoms. The molecular weight excluding hydrogens is 178 g/mol. The van der Waals surface area contributed by atoms with Crippen LogP contribution in [0, 0.1) is 11.3 Å². The van der Waals surface area contributed by atoms with Crippen LogP contribution in [0.1, 0.15) is 46.5 Å². The molecule has 0 saturated heterocycles. The fraction of sp³-hybridized carbons (Fsp3) is 0.909. The smallest absolute Gasteiger partial charge is 0.303 e. The fourth-order valence-electron chi connectivity index (χ4n) is 1.85. The van der Waals surface area contributed by atoms with Crippen LogP contribution in [0.25, 0.3) is 0 Å². The van der Waals surface area contributed by atoms with Gasteiger partial charge in [-0.1, -0.05) is 27.2 Å². The van der Waals surface area contributed by atoms with Gasteiger partial charge in [0, 0.05) is 0 Å². The molecular formula is C11H23NO2. The first-order chi connectivity index (χ1) is 6.49. The highest BCUT2D eigenvalue weighted by Gasteiger charge is 2.30. The van der Waals surface area contributed by atoms with Gasteiger partial charge in [0.25, 0.3) is 0 Å². The zero-order chi connectivity index (χ0) is 11.2. The van der Waals surface area contributed by atoms with E-state index in [0.29, 0.717) is 12.5 Å². The first kappa shape index (κ1) is 13.4. The summed E-state index contributed by atoms with van der Waals surface area (Å²) in [6.07, 6.45) is 3.05. The van der Waals surface area contributed by atoms with Crippen LogP contribution in [-0.4, -0.2) is 17.6 Å². The molecule has 0 amide bonds. The first-order valence-electron chi connectivity index (χ1n) is 5.41. The Labute approximate surface area is 86.7 Å². The lowest BCUT2D eigenvalue weighted by Gasteiger charge is -2.32. The summed E-state index contributed by atoms with van der Waals surface area (Å²) in [6, 6.07) is 0. The third kappa shape index (κ3) is 4.09. The van der Waals surface area contributed by atoms with Gasteiger partial charge in [0.2, 0.25) is 0 Å². The van der Waals surface area contributed by atoms with E-state index in [0.717, 1.165) is 19.3 Å². The quantitative estimate of drug-likeness (QED) is 0.664. The van der Waals surface area contributed by atoms with Crippen LogP contribution in [0.4, 0.5) is 0 Å². The van der Waals surface area contributed by atoms with Gasteiger partial charge in [0.1, 0.15) is 0 Å². The number of carboxylic acids is 1. The van der Waals surface area contributed by atoms with Gasteiger partial charge in [-0.15, -0.1) is 0 Å². The predicted molar refractivity (Wildman–Crippen MR) is 58.1 cm³/mol. The Kier molecular flexibility index (Phi) is 5.77. The highest BCUT2D eigenvalue weighted by molar-refractivity contribution is 5.67. The van der Waals surface area contributed by atoms with Crippen molar-refractivity contribution in [3.63, 3.8) is 0 Å². The summed E-state index contributed by atoms with van der Waals surface area (Å²) in [5.41, 5.74) is 5.51. The largest absolute Gasteiger partial charge is 0.481 e. The molecule has 0 fully saturated rings. The molecule has 0 saturated carbocycles. The fourth-order valence-corrected chi connectivity index (χ4v) is 1.85. The molecule has 0 spiro atoms. The number of rotatable bonds is 7. The summed E-state index contributed by atoms with van der Waals surface area (Å²) in [7, 11) is 0. The summed E-state index contributed by atoms with van der Waals surface area (Å²) in [4.78, 5) is 10.7. The Morgan fingerprint density at radius 3 is 2.36 bits per heavy atom. The van der Waals surface area contributed by atoms with E-state index in [2.05, 4.69) is 13.8 Å². The maximum atomic E-state index is 10.7. The highest BCUT2D eigenvalue weighted by atomic mass is 16.4. The predicted octanol–water partition coefficient (Wildman–Crippen LogP) is 2.25. The number of hydrogen-bond donors (Lipinski definition) is 2. The minimum Gasteiger partial charge on any atom is -0.481 e. The van der Waals surface area contributed by atoms with Gasteiger partial charge in [-0.2, -0.15) is 0 Å². The normalized spacial score (nSPS) is 17.4. The molecule has 3 N–H and O–H groups in total. The van der Waals surface area contributed by atoms with E-state index in [1.54, 1.807) is 0 Å². The van der Waals surface area contributed by atoms with Crippen LogP contribution < -0.4 is 5.73 Å². The van der Waals surface area contributed by atoms with Crippen LogP contribution in [0.2, 0.25) is 0 Å². The zero-order valence-corrected chi connectivity index (χ0v) is 9.55. The molecule has 0 aliphatic rings. The SMILES string of the molecule is CCC(C)CC(CC)(CN)CC(=O)O. The van der Waals surface area contributed by atoms with Crippen LogP contribution in [0.3, 0.4) is 0 Å². The molecule has 14 heavy (non-hydrogen) atoms. The van der Waals surface area contributed by atoms with Crippen LogP contribution in [-0.2, 0) is 4.79 Å². The average molecular weight is 201 g/mol. The Morgan fingerprint density at radius 2 is 2.07 bits per heavy atom. The zero-order valence-electron chi connectivity index (χ0n) is 9.55. The summed E-state index contributed by atoms with van der Waals surface area (Å²) < 4.78 is 0. The summed E-state index contributed by atoms with van der Waals surface area (Å²) in [6.45, 7) is 6.78. The average Bonchev–Trinajstić information content (AvgIpc) is 2.15. The van der Waals surface area contributed by atoms with Crippen molar-refractivity contribution < 1.29 is 9.90 Å². The second-order valence-corrected chi connectivity index (χ2v) is 4.35. The lowest BCUT2D eigenvalue weighted by Crippen LogP contribution is -2.34. The monoisotopic (exact) mass is 201 g/mol. The van der Waals surface area contributed by atoms with Crippen molar-refractivity contribution in [3.8, 4) is 0 Å². The molecule has 0 aromatic heterocycles. The second kappa shape index (κ2) is 6.02. The van der Waals surface area contributed by atoms with Crippen LogP contribution >= 0.6 is 0 Å². The molecule has 0 aliphatic carbocycles. The summed E-state index contributed by atoms with van der Waals surface area (Å²) in [5, 5.41) is 8.84. The Balaban J connectivity index is 4.43. The third-order valence-corrected chi connectivity index (χ3v) is 3.19. The van der Waals surface area contributed by atoms with Gasteiger partial charge in [-0.25, -0.2) is 0 Å². The van der Waals surface area contributed by atoms with E-state index in [1.165, 1.54) is 0 Å². The standard InChI is InChI=1S/C11H23NO2/c1-4-9(3)6-11(5-2,8-12)7-10(13)14/h9H,4-8,12H2,1-3H3,(H,13,14). The van der Waals surface area contributed by atoms with Crippen molar-refractivity contribution in [2.75, 3.05) is 6.54 Å². The van der Waals surface area contributed by atoms with Gasteiger partial charge in [-0.3, -0.25) is 4.79 Å². The van der Waals surface area contributed by atoms with Gasteiger partial charge in [0.05, 0.1) is 6.42 Å². The van der Waals surface area contributed by atoms with Crippen molar-refractivity contribution in [3.05, 3.63) is 0 Å². The minimum atomic E-state index is -0.736. The van der Waals surface area contributed by atoms with Crippen molar-refractivity contribution in [1.29, 1.82) is 0 Å². The second-order valence-electron chi connectivity index (χ2n) is 4.35. The van der Waals surface area contributed by atoms with E-state index < -0.39 is 5.97 Å². The van der Waals surface area contributed by atoms with Gasteiger partial charge in [-0.05, 0) is 30.7 Å². The number of hydrogen-bond acceptors (Lipinski definition) is 2. The van der Waals surface area contributed by atoms with Gasteiger partial charge < -0.3 is 10.8 Å². The van der Waals surface area contributed by atoms with Crippen molar-refractivity contribution in [1.82, 2.24) is 0 Å². The summed E-state index contributed by atoms with van der Waals surface area (Å²) in [5.74, 6) is -0.182. The van der Waals surface area contributed by atoms with Crippen molar-refractivity contribution in [2.24, 2.45) is 17.1 Å². The molecule has 0 aliphatic heterocycles. The van der Waals surface area contributed by atoms with Crippen LogP contribution in [0.5, 0.6) is 0 Å². The van der Waals surface area contributed by atoms with E-state index in [-0.39, 0.29) is 11.8 Å². The Hall–Kier alpha value is -0.570. The molecule has 84 valence electrons. The van der Waals surface area contributed by atoms with E-state index in [4.69, 9.17) is 10.8 Å². The molecule has 0 rings (SSSR count). The first-order valence-corrected chi connectivity index (χ1v) is 5.41. The maximum Gasteiger partial charge on any atom is 0.303 e. The number of carbonyl (C=O) groups is 1. The molecule has 3 nitrogen and oxygen atoms in total.